The lowest BCUT2D eigenvalue weighted by Gasteiger charge is -2.15. The molecule has 1 aliphatic rings. The Morgan fingerprint density at radius 3 is 3.12 bits per heavy atom. The molecule has 2 heterocycles. The summed E-state index contributed by atoms with van der Waals surface area (Å²) >= 11 is 0. The average molecular weight is 222 g/mol. The van der Waals surface area contributed by atoms with E-state index in [-0.39, 0.29) is 0 Å². The Balaban J connectivity index is 1.91. The Morgan fingerprint density at radius 2 is 2.44 bits per heavy atom. The van der Waals surface area contributed by atoms with E-state index < -0.39 is 0 Å². The minimum Gasteiger partial charge on any atom is -0.334 e. The van der Waals surface area contributed by atoms with Crippen molar-refractivity contribution in [2.24, 2.45) is 11.7 Å². The van der Waals surface area contributed by atoms with Crippen LogP contribution in [0, 0.1) is 5.92 Å². The molecule has 2 N–H and O–H groups in total. The molecule has 4 heteroatoms. The molecule has 0 spiro atoms. The smallest absolute Gasteiger partial charge is 0.0948 e. The van der Waals surface area contributed by atoms with Crippen LogP contribution in [-0.4, -0.2) is 40.6 Å². The van der Waals surface area contributed by atoms with E-state index in [2.05, 4.69) is 21.4 Å². The summed E-state index contributed by atoms with van der Waals surface area (Å²) in [5, 5.41) is 0. The van der Waals surface area contributed by atoms with Gasteiger partial charge in [0.2, 0.25) is 0 Å². The fourth-order valence-electron chi connectivity index (χ4n) is 2.50. The van der Waals surface area contributed by atoms with Crippen LogP contribution < -0.4 is 5.73 Å². The predicted molar refractivity (Wildman–Crippen MR) is 65.2 cm³/mol. The summed E-state index contributed by atoms with van der Waals surface area (Å²) in [5.41, 5.74) is 6.87. The molecular weight excluding hydrogens is 200 g/mol. The molecule has 1 aromatic rings. The van der Waals surface area contributed by atoms with Crippen molar-refractivity contribution in [1.29, 1.82) is 0 Å². The fraction of sp³-hybridized carbons (Fsp3) is 0.750. The molecule has 0 amide bonds. The van der Waals surface area contributed by atoms with Crippen molar-refractivity contribution in [3.63, 3.8) is 0 Å². The first-order valence-corrected chi connectivity index (χ1v) is 6.25. The number of imidazole rings is 1. The van der Waals surface area contributed by atoms with Crippen molar-refractivity contribution < 1.29 is 0 Å². The van der Waals surface area contributed by atoms with Gasteiger partial charge in [0.1, 0.15) is 0 Å². The molecule has 1 unspecified atom stereocenters. The zero-order chi connectivity index (χ0) is 11.4. The van der Waals surface area contributed by atoms with E-state index in [9.17, 15) is 0 Å². The van der Waals surface area contributed by atoms with Crippen molar-refractivity contribution in [3.8, 4) is 0 Å². The summed E-state index contributed by atoms with van der Waals surface area (Å²) in [6.45, 7) is 7.71. The van der Waals surface area contributed by atoms with Crippen LogP contribution in [0.2, 0.25) is 0 Å². The molecule has 1 aromatic heterocycles. The van der Waals surface area contributed by atoms with Gasteiger partial charge in [-0.05, 0) is 32.0 Å². The summed E-state index contributed by atoms with van der Waals surface area (Å²) in [7, 11) is 0. The first-order chi connectivity index (χ1) is 7.83. The van der Waals surface area contributed by atoms with E-state index in [0.29, 0.717) is 6.54 Å². The molecule has 0 aliphatic carbocycles. The van der Waals surface area contributed by atoms with Gasteiger partial charge < -0.3 is 15.2 Å². The molecule has 2 rings (SSSR count). The number of hydrogen-bond acceptors (Lipinski definition) is 3. The standard InChI is InChI=1S/C12H22N4/c1-2-15-6-4-11(8-15)9-16-10-14-7-12(16)3-5-13/h7,10-11H,2-6,8-9,13H2,1H3. The minimum atomic E-state index is 0.706. The lowest BCUT2D eigenvalue weighted by atomic mass is 10.1. The van der Waals surface area contributed by atoms with Gasteiger partial charge in [-0.1, -0.05) is 6.92 Å². The molecule has 0 radical (unpaired) electrons. The summed E-state index contributed by atoms with van der Waals surface area (Å²) < 4.78 is 2.27. The maximum absolute atomic E-state index is 5.59. The van der Waals surface area contributed by atoms with Crippen LogP contribution in [0.15, 0.2) is 12.5 Å². The molecule has 4 nitrogen and oxygen atoms in total. The highest BCUT2D eigenvalue weighted by atomic mass is 15.2. The highest BCUT2D eigenvalue weighted by molar-refractivity contribution is 4.99. The molecular formula is C12H22N4. The second-order valence-corrected chi connectivity index (χ2v) is 4.62. The quantitative estimate of drug-likeness (QED) is 0.799. The average Bonchev–Trinajstić information content (AvgIpc) is 2.90. The summed E-state index contributed by atoms with van der Waals surface area (Å²) in [6, 6.07) is 0. The van der Waals surface area contributed by atoms with Crippen LogP contribution in [0.1, 0.15) is 19.0 Å². The number of aromatic nitrogens is 2. The predicted octanol–water partition coefficient (Wildman–Crippen LogP) is 0.726. The topological polar surface area (TPSA) is 47.1 Å². The lowest BCUT2D eigenvalue weighted by molar-refractivity contribution is 0.332. The van der Waals surface area contributed by atoms with Crippen LogP contribution in [0.25, 0.3) is 0 Å². The number of likely N-dealkylation sites (tertiary alicyclic amines) is 1. The van der Waals surface area contributed by atoms with Crippen LogP contribution in [0.4, 0.5) is 0 Å². The van der Waals surface area contributed by atoms with Crippen molar-refractivity contribution >= 4 is 0 Å². The summed E-state index contributed by atoms with van der Waals surface area (Å²) in [4.78, 5) is 6.73. The zero-order valence-corrected chi connectivity index (χ0v) is 10.1. The fourth-order valence-corrected chi connectivity index (χ4v) is 2.50. The largest absolute Gasteiger partial charge is 0.334 e. The van der Waals surface area contributed by atoms with Crippen LogP contribution in [-0.2, 0) is 13.0 Å². The van der Waals surface area contributed by atoms with E-state index in [1.165, 1.54) is 31.7 Å². The first-order valence-electron chi connectivity index (χ1n) is 6.25. The molecule has 16 heavy (non-hydrogen) atoms. The molecule has 1 saturated heterocycles. The van der Waals surface area contributed by atoms with Gasteiger partial charge in [0.15, 0.2) is 0 Å². The second kappa shape index (κ2) is 5.46. The van der Waals surface area contributed by atoms with E-state index in [1.807, 2.05) is 12.5 Å². The Hall–Kier alpha value is -0.870. The molecule has 90 valence electrons. The maximum atomic E-state index is 5.59. The lowest BCUT2D eigenvalue weighted by Crippen LogP contribution is -2.21. The van der Waals surface area contributed by atoms with E-state index in [1.54, 1.807) is 0 Å². The van der Waals surface area contributed by atoms with Crippen LogP contribution in [0.5, 0.6) is 0 Å². The van der Waals surface area contributed by atoms with Crippen LogP contribution >= 0.6 is 0 Å². The summed E-state index contributed by atoms with van der Waals surface area (Å²) in [5.74, 6) is 0.783. The highest BCUT2D eigenvalue weighted by Crippen LogP contribution is 2.18. The van der Waals surface area contributed by atoms with Crippen LogP contribution in [0.3, 0.4) is 0 Å². The molecule has 0 saturated carbocycles. The second-order valence-electron chi connectivity index (χ2n) is 4.62. The number of nitrogens with two attached hydrogens (primary N) is 1. The monoisotopic (exact) mass is 222 g/mol. The van der Waals surface area contributed by atoms with Crippen molar-refractivity contribution in [2.45, 2.75) is 26.3 Å². The third-order valence-electron chi connectivity index (χ3n) is 3.47. The first kappa shape index (κ1) is 11.6. The minimum absolute atomic E-state index is 0.706. The van der Waals surface area contributed by atoms with Gasteiger partial charge in [-0.15, -0.1) is 0 Å². The van der Waals surface area contributed by atoms with Gasteiger partial charge in [-0.3, -0.25) is 0 Å². The molecule has 1 fully saturated rings. The Kier molecular flexibility index (Phi) is 3.96. The van der Waals surface area contributed by atoms with Crippen molar-refractivity contribution in [1.82, 2.24) is 14.5 Å². The molecule has 1 atom stereocenters. The van der Waals surface area contributed by atoms with Gasteiger partial charge in [0, 0.05) is 31.4 Å². The molecule has 0 aromatic carbocycles. The Labute approximate surface area is 97.4 Å². The number of nitrogens with zero attached hydrogens (tertiary/aromatic N) is 3. The van der Waals surface area contributed by atoms with E-state index in [4.69, 9.17) is 5.73 Å². The Bertz CT molecular complexity index is 321. The van der Waals surface area contributed by atoms with E-state index in [0.717, 1.165) is 18.9 Å². The highest BCUT2D eigenvalue weighted by Gasteiger charge is 2.21. The Morgan fingerprint density at radius 1 is 1.56 bits per heavy atom. The van der Waals surface area contributed by atoms with E-state index >= 15 is 0 Å². The number of rotatable bonds is 5. The zero-order valence-electron chi connectivity index (χ0n) is 10.1. The third kappa shape index (κ3) is 2.62. The summed E-state index contributed by atoms with van der Waals surface area (Å²) in [6.07, 6.45) is 6.14. The number of hydrogen-bond donors (Lipinski definition) is 1. The van der Waals surface area contributed by atoms with Crippen molar-refractivity contribution in [2.75, 3.05) is 26.2 Å². The molecule has 0 bridgehead atoms. The van der Waals surface area contributed by atoms with Gasteiger partial charge in [0.05, 0.1) is 6.33 Å². The van der Waals surface area contributed by atoms with Gasteiger partial charge >= 0.3 is 0 Å². The van der Waals surface area contributed by atoms with Gasteiger partial charge in [-0.2, -0.15) is 0 Å². The maximum Gasteiger partial charge on any atom is 0.0948 e. The third-order valence-corrected chi connectivity index (χ3v) is 3.47. The molecule has 1 aliphatic heterocycles. The normalized spacial score (nSPS) is 21.8. The van der Waals surface area contributed by atoms with Gasteiger partial charge in [0.25, 0.3) is 0 Å². The van der Waals surface area contributed by atoms with Gasteiger partial charge in [-0.25, -0.2) is 4.98 Å². The van der Waals surface area contributed by atoms with Crippen molar-refractivity contribution in [3.05, 3.63) is 18.2 Å². The SMILES string of the molecule is CCN1CCC(Cn2cncc2CCN)C1.